The number of rotatable bonds is 5. The third-order valence-electron chi connectivity index (χ3n) is 4.57. The minimum Gasteiger partial charge on any atom is -0.361 e. The van der Waals surface area contributed by atoms with Crippen LogP contribution in [0.15, 0.2) is 36.7 Å². The van der Waals surface area contributed by atoms with Crippen LogP contribution in [0.2, 0.25) is 0 Å². The van der Waals surface area contributed by atoms with Crippen LogP contribution in [-0.4, -0.2) is 32.0 Å². The molecule has 2 aromatic rings. The van der Waals surface area contributed by atoms with Crippen molar-refractivity contribution in [2.24, 2.45) is 0 Å². The van der Waals surface area contributed by atoms with E-state index >= 15 is 0 Å². The second-order valence-electron chi connectivity index (χ2n) is 8.31. The molecule has 1 saturated heterocycles. The molecule has 0 unspecified atom stereocenters. The highest BCUT2D eigenvalue weighted by Crippen LogP contribution is 2.35. The maximum atomic E-state index is 11.8. The quantitative estimate of drug-likeness (QED) is 0.542. The van der Waals surface area contributed by atoms with Crippen LogP contribution in [-0.2, 0) is 0 Å². The van der Waals surface area contributed by atoms with Crippen LogP contribution in [0.25, 0.3) is 0 Å². The molecule has 8 heteroatoms. The molecule has 0 amide bonds. The van der Waals surface area contributed by atoms with Crippen molar-refractivity contribution in [2.45, 2.75) is 57.7 Å². The molecule has 1 fully saturated rings. The van der Waals surface area contributed by atoms with E-state index in [1.165, 1.54) is 6.33 Å². The fourth-order valence-corrected chi connectivity index (χ4v) is 4.02. The number of aromatic nitrogens is 2. The van der Waals surface area contributed by atoms with Crippen LogP contribution in [0.5, 0.6) is 0 Å². The summed E-state index contributed by atoms with van der Waals surface area (Å²) in [6.45, 7) is 8.55. The van der Waals surface area contributed by atoms with Crippen molar-refractivity contribution in [1.82, 2.24) is 15.3 Å². The smallest absolute Gasteiger partial charge is 0.353 e. The Morgan fingerprint density at radius 2 is 1.67 bits per heavy atom. The Hall–Kier alpha value is -2.74. The van der Waals surface area contributed by atoms with E-state index < -0.39 is 4.92 Å². The van der Waals surface area contributed by atoms with Crippen molar-refractivity contribution in [3.63, 3.8) is 0 Å². The van der Waals surface area contributed by atoms with Gasteiger partial charge in [-0.1, -0.05) is 18.2 Å². The maximum Gasteiger partial charge on any atom is 0.353 e. The number of nitrogens with zero attached hydrogens (tertiary/aromatic N) is 3. The third-order valence-corrected chi connectivity index (χ3v) is 4.57. The van der Waals surface area contributed by atoms with Gasteiger partial charge in [0.05, 0.1) is 4.92 Å². The normalized spacial score (nSPS) is 18.7. The van der Waals surface area contributed by atoms with Crippen LogP contribution in [0.3, 0.4) is 0 Å². The monoisotopic (exact) mass is 370 g/mol. The van der Waals surface area contributed by atoms with Gasteiger partial charge in [0.1, 0.15) is 6.33 Å². The van der Waals surface area contributed by atoms with E-state index in [4.69, 9.17) is 0 Å². The van der Waals surface area contributed by atoms with Gasteiger partial charge >= 0.3 is 5.69 Å². The van der Waals surface area contributed by atoms with Crippen molar-refractivity contribution in [1.29, 1.82) is 0 Å². The number of nitrogens with one attached hydrogen (secondary N) is 3. The lowest BCUT2D eigenvalue weighted by Crippen LogP contribution is -2.60. The van der Waals surface area contributed by atoms with E-state index in [2.05, 4.69) is 53.6 Å². The molecule has 3 N–H and O–H groups in total. The van der Waals surface area contributed by atoms with Crippen LogP contribution in [0.4, 0.5) is 23.0 Å². The van der Waals surface area contributed by atoms with Gasteiger partial charge in [0.15, 0.2) is 0 Å². The van der Waals surface area contributed by atoms with Gasteiger partial charge in [-0.15, -0.1) is 0 Å². The number of para-hydroxylation sites is 1. The van der Waals surface area contributed by atoms with Crippen molar-refractivity contribution >= 4 is 23.0 Å². The summed E-state index contributed by atoms with van der Waals surface area (Å²) in [6.07, 6.45) is 3.01. The molecule has 2 heterocycles. The Kier molecular flexibility index (Phi) is 5.01. The van der Waals surface area contributed by atoms with E-state index in [0.717, 1.165) is 18.5 Å². The third kappa shape index (κ3) is 4.71. The predicted octanol–water partition coefficient (Wildman–Crippen LogP) is 3.85. The van der Waals surface area contributed by atoms with Crippen LogP contribution >= 0.6 is 0 Å². The average Bonchev–Trinajstić information content (AvgIpc) is 2.52. The zero-order valence-corrected chi connectivity index (χ0v) is 16.1. The van der Waals surface area contributed by atoms with E-state index in [1.807, 2.05) is 30.3 Å². The van der Waals surface area contributed by atoms with E-state index in [0.29, 0.717) is 0 Å². The first-order chi connectivity index (χ1) is 12.7. The van der Waals surface area contributed by atoms with Gasteiger partial charge in [0.2, 0.25) is 11.6 Å². The minimum absolute atomic E-state index is 0.0643. The number of anilines is 3. The summed E-state index contributed by atoms with van der Waals surface area (Å²) in [5.74, 6) is 0.420. The standard InChI is InChI=1S/C19H26N6O2/c1-18(2)10-14(11-19(3,4)24-18)23-17-15(25(26)27)16(20-12-21-17)22-13-8-6-5-7-9-13/h5-9,12,14,24H,10-11H2,1-4H3,(H2,20,21,22,23). The molecule has 1 aliphatic heterocycles. The Bertz CT molecular complexity index is 806. The number of hydrogen-bond acceptors (Lipinski definition) is 7. The van der Waals surface area contributed by atoms with Crippen molar-refractivity contribution in [2.75, 3.05) is 10.6 Å². The van der Waals surface area contributed by atoms with Crippen LogP contribution in [0.1, 0.15) is 40.5 Å². The average molecular weight is 370 g/mol. The molecular formula is C19H26N6O2. The van der Waals surface area contributed by atoms with Gasteiger partial charge in [-0.3, -0.25) is 10.1 Å². The number of piperidine rings is 1. The molecule has 0 bridgehead atoms. The fraction of sp³-hybridized carbons (Fsp3) is 0.474. The summed E-state index contributed by atoms with van der Waals surface area (Å²) in [4.78, 5) is 19.6. The van der Waals surface area contributed by atoms with E-state index in [-0.39, 0.29) is 34.4 Å². The predicted molar refractivity (Wildman–Crippen MR) is 106 cm³/mol. The largest absolute Gasteiger partial charge is 0.361 e. The highest BCUT2D eigenvalue weighted by Gasteiger charge is 2.38. The minimum atomic E-state index is -0.440. The highest BCUT2D eigenvalue weighted by molar-refractivity contribution is 5.73. The molecule has 0 saturated carbocycles. The molecule has 3 rings (SSSR count). The molecule has 0 atom stereocenters. The number of nitro groups is 1. The molecule has 144 valence electrons. The lowest BCUT2D eigenvalue weighted by molar-refractivity contribution is -0.383. The Morgan fingerprint density at radius 1 is 1.07 bits per heavy atom. The lowest BCUT2D eigenvalue weighted by atomic mass is 9.79. The van der Waals surface area contributed by atoms with Gasteiger partial charge < -0.3 is 16.0 Å². The first-order valence-corrected chi connectivity index (χ1v) is 9.03. The molecule has 1 aliphatic rings. The van der Waals surface area contributed by atoms with Crippen LogP contribution in [0, 0.1) is 10.1 Å². The van der Waals surface area contributed by atoms with Gasteiger partial charge in [-0.25, -0.2) is 9.97 Å². The van der Waals surface area contributed by atoms with E-state index in [9.17, 15) is 10.1 Å². The maximum absolute atomic E-state index is 11.8. The van der Waals surface area contributed by atoms with Crippen molar-refractivity contribution in [3.05, 3.63) is 46.8 Å². The highest BCUT2D eigenvalue weighted by atomic mass is 16.6. The molecular weight excluding hydrogens is 344 g/mol. The summed E-state index contributed by atoms with van der Waals surface area (Å²) in [5, 5.41) is 21.7. The molecule has 1 aromatic carbocycles. The van der Waals surface area contributed by atoms with E-state index in [1.54, 1.807) is 0 Å². The molecule has 1 aromatic heterocycles. The molecule has 27 heavy (non-hydrogen) atoms. The van der Waals surface area contributed by atoms with Crippen molar-refractivity contribution < 1.29 is 4.92 Å². The summed E-state index contributed by atoms with van der Waals surface area (Å²) < 4.78 is 0. The molecule has 0 radical (unpaired) electrons. The lowest BCUT2D eigenvalue weighted by Gasteiger charge is -2.46. The van der Waals surface area contributed by atoms with Crippen molar-refractivity contribution in [3.8, 4) is 0 Å². The zero-order valence-electron chi connectivity index (χ0n) is 16.1. The summed E-state index contributed by atoms with van der Waals surface area (Å²) in [6, 6.07) is 9.32. The topological polar surface area (TPSA) is 105 Å². The summed E-state index contributed by atoms with van der Waals surface area (Å²) in [5.41, 5.74) is 0.434. The summed E-state index contributed by atoms with van der Waals surface area (Å²) >= 11 is 0. The first kappa shape index (κ1) is 19.0. The zero-order chi connectivity index (χ0) is 19.7. The van der Waals surface area contributed by atoms with Gasteiger partial charge in [0.25, 0.3) is 0 Å². The second-order valence-corrected chi connectivity index (χ2v) is 8.31. The molecule has 8 nitrogen and oxygen atoms in total. The first-order valence-electron chi connectivity index (χ1n) is 9.03. The second kappa shape index (κ2) is 7.11. The Morgan fingerprint density at radius 3 is 2.26 bits per heavy atom. The van der Waals surface area contributed by atoms with Crippen LogP contribution < -0.4 is 16.0 Å². The fourth-order valence-electron chi connectivity index (χ4n) is 4.02. The Labute approximate surface area is 159 Å². The van der Waals surface area contributed by atoms with Gasteiger partial charge in [0, 0.05) is 22.8 Å². The Balaban J connectivity index is 1.89. The number of benzene rings is 1. The van der Waals surface area contributed by atoms with Gasteiger partial charge in [-0.05, 0) is 52.7 Å². The molecule has 0 aliphatic carbocycles. The SMILES string of the molecule is CC1(C)CC(Nc2ncnc(Nc3ccccc3)c2[N+](=O)[O-])CC(C)(C)N1. The van der Waals surface area contributed by atoms with Gasteiger partial charge in [-0.2, -0.15) is 0 Å². The molecule has 0 spiro atoms. The summed E-state index contributed by atoms with van der Waals surface area (Å²) in [7, 11) is 0. The number of hydrogen-bond donors (Lipinski definition) is 3.